The van der Waals surface area contributed by atoms with E-state index in [2.05, 4.69) is 9.21 Å². The van der Waals surface area contributed by atoms with Crippen LogP contribution >= 0.6 is 34.8 Å². The summed E-state index contributed by atoms with van der Waals surface area (Å²) in [7, 11) is 0. The standard InChI is InChI=1S/C25H23Cl3N2O3S/c26-19-6-4-18(5-7-19)24-16-29(13-14-30(24)23-11-8-20(27)15-22(23)28)34(33)21-9-1-17(2-10-21)3-12-25(31)32/h1-2,4-11,15,24,33H,3,12-14,16H2/p+1. The summed E-state index contributed by atoms with van der Waals surface area (Å²) in [6.07, 6.45) is 0.552. The van der Waals surface area contributed by atoms with Gasteiger partial charge in [0.25, 0.3) is 11.4 Å². The second-order valence-corrected chi connectivity index (χ2v) is 10.8. The van der Waals surface area contributed by atoms with E-state index in [1.165, 1.54) is 0 Å². The summed E-state index contributed by atoms with van der Waals surface area (Å²) in [5, 5.41) is 10.7. The summed E-state index contributed by atoms with van der Waals surface area (Å²) in [6, 6.07) is 20.7. The van der Waals surface area contributed by atoms with E-state index in [1.54, 1.807) is 6.07 Å². The number of carboxylic acids is 1. The molecule has 3 aromatic rings. The average Bonchev–Trinajstić information content (AvgIpc) is 2.83. The number of anilines is 1. The van der Waals surface area contributed by atoms with Crippen LogP contribution in [0.2, 0.25) is 15.1 Å². The quantitative estimate of drug-likeness (QED) is 0.332. The van der Waals surface area contributed by atoms with E-state index in [0.717, 1.165) is 21.7 Å². The molecule has 0 radical (unpaired) electrons. The molecule has 1 aliphatic rings. The summed E-state index contributed by atoms with van der Waals surface area (Å²) in [5.41, 5.74) is 2.90. The van der Waals surface area contributed by atoms with E-state index in [4.69, 9.17) is 39.9 Å². The lowest BCUT2D eigenvalue weighted by atomic mass is 10.0. The van der Waals surface area contributed by atoms with Gasteiger partial charge in [0.1, 0.15) is 0 Å². The van der Waals surface area contributed by atoms with Crippen LogP contribution in [-0.2, 0) is 22.6 Å². The molecule has 0 amide bonds. The van der Waals surface area contributed by atoms with Gasteiger partial charge in [-0.1, -0.05) is 63.4 Å². The molecule has 1 heterocycles. The predicted octanol–water partition coefficient (Wildman–Crippen LogP) is 6.59. The Morgan fingerprint density at radius 3 is 2.26 bits per heavy atom. The Bertz CT molecular complexity index is 1150. The molecule has 1 saturated heterocycles. The summed E-state index contributed by atoms with van der Waals surface area (Å²) in [5.74, 6) is -0.821. The Balaban J connectivity index is 1.57. The summed E-state index contributed by atoms with van der Waals surface area (Å²) in [4.78, 5) is 13.9. The van der Waals surface area contributed by atoms with Gasteiger partial charge in [-0.05, 0) is 60.0 Å². The summed E-state index contributed by atoms with van der Waals surface area (Å²) in [6.45, 7) is 1.89. The van der Waals surface area contributed by atoms with Gasteiger partial charge in [0.05, 0.1) is 29.8 Å². The van der Waals surface area contributed by atoms with Gasteiger partial charge in [-0.2, -0.15) is 4.55 Å². The zero-order valence-electron chi connectivity index (χ0n) is 18.2. The van der Waals surface area contributed by atoms with Gasteiger partial charge in [-0.3, -0.25) is 4.79 Å². The van der Waals surface area contributed by atoms with E-state index in [-0.39, 0.29) is 12.5 Å². The number of halogens is 3. The van der Waals surface area contributed by atoms with Gasteiger partial charge in [-0.15, -0.1) is 0 Å². The number of carboxylic acid groups (broad SMARTS) is 1. The minimum absolute atomic E-state index is 0.0540. The molecular formula is C25H24Cl3N2O3S+. The lowest BCUT2D eigenvalue weighted by Gasteiger charge is -2.40. The number of benzene rings is 3. The van der Waals surface area contributed by atoms with Gasteiger partial charge >= 0.3 is 5.97 Å². The third kappa shape index (κ3) is 6.00. The molecular weight excluding hydrogens is 515 g/mol. The Labute approximate surface area is 217 Å². The van der Waals surface area contributed by atoms with Gasteiger partial charge in [-0.25, -0.2) is 0 Å². The number of hydrogen-bond donors (Lipinski definition) is 2. The predicted molar refractivity (Wildman–Crippen MR) is 140 cm³/mol. The Morgan fingerprint density at radius 2 is 1.62 bits per heavy atom. The van der Waals surface area contributed by atoms with Crippen LogP contribution in [-0.4, -0.2) is 39.6 Å². The van der Waals surface area contributed by atoms with Crippen molar-refractivity contribution in [1.82, 2.24) is 4.31 Å². The molecule has 0 saturated carbocycles. The van der Waals surface area contributed by atoms with Crippen molar-refractivity contribution in [3.05, 3.63) is 92.9 Å². The molecule has 0 aliphatic carbocycles. The van der Waals surface area contributed by atoms with Crippen LogP contribution in [0.1, 0.15) is 23.6 Å². The molecule has 0 aromatic heterocycles. The highest BCUT2D eigenvalue weighted by molar-refractivity contribution is 7.89. The van der Waals surface area contributed by atoms with Crippen molar-refractivity contribution in [2.75, 3.05) is 24.5 Å². The van der Waals surface area contributed by atoms with Crippen molar-refractivity contribution in [1.29, 1.82) is 0 Å². The van der Waals surface area contributed by atoms with Crippen LogP contribution in [0.15, 0.2) is 71.6 Å². The van der Waals surface area contributed by atoms with Crippen molar-refractivity contribution in [3.63, 3.8) is 0 Å². The molecule has 4 rings (SSSR count). The molecule has 1 aliphatic heterocycles. The smallest absolute Gasteiger partial charge is 0.303 e. The first-order valence-corrected chi connectivity index (χ1v) is 13.1. The van der Waals surface area contributed by atoms with Crippen LogP contribution in [0, 0.1) is 0 Å². The van der Waals surface area contributed by atoms with Crippen molar-refractivity contribution < 1.29 is 14.5 Å². The van der Waals surface area contributed by atoms with Gasteiger partial charge in [0.2, 0.25) is 4.90 Å². The van der Waals surface area contributed by atoms with Crippen LogP contribution < -0.4 is 4.90 Å². The van der Waals surface area contributed by atoms with Gasteiger partial charge in [0.15, 0.2) is 0 Å². The van der Waals surface area contributed by atoms with Gasteiger partial charge < -0.3 is 10.0 Å². The first-order chi connectivity index (χ1) is 16.3. The van der Waals surface area contributed by atoms with Crippen molar-refractivity contribution in [2.24, 2.45) is 0 Å². The third-order valence-electron chi connectivity index (χ3n) is 5.82. The lowest BCUT2D eigenvalue weighted by molar-refractivity contribution is -0.136. The van der Waals surface area contributed by atoms with Crippen LogP contribution in [0.4, 0.5) is 5.69 Å². The second kappa shape index (κ2) is 11.2. The topological polar surface area (TPSA) is 64.0 Å². The van der Waals surface area contributed by atoms with Crippen LogP contribution in [0.3, 0.4) is 0 Å². The second-order valence-electron chi connectivity index (χ2n) is 8.05. The number of nitrogens with zero attached hydrogens (tertiary/aromatic N) is 2. The molecule has 0 spiro atoms. The molecule has 9 heteroatoms. The highest BCUT2D eigenvalue weighted by Gasteiger charge is 2.39. The molecule has 2 N–H and O–H groups in total. The van der Waals surface area contributed by atoms with E-state index in [0.29, 0.717) is 41.1 Å². The van der Waals surface area contributed by atoms with E-state index in [9.17, 15) is 9.35 Å². The van der Waals surface area contributed by atoms with Crippen molar-refractivity contribution in [3.8, 4) is 0 Å². The van der Waals surface area contributed by atoms with Crippen LogP contribution in [0.5, 0.6) is 0 Å². The molecule has 1 fully saturated rings. The zero-order valence-corrected chi connectivity index (χ0v) is 21.3. The molecule has 34 heavy (non-hydrogen) atoms. The number of carbonyl (C=O) groups is 1. The number of aryl methyl sites for hydroxylation is 1. The zero-order chi connectivity index (χ0) is 24.2. The first kappa shape index (κ1) is 25.2. The molecule has 2 unspecified atom stereocenters. The Hall–Kier alpha value is -1.93. The maximum Gasteiger partial charge on any atom is 0.303 e. The fourth-order valence-electron chi connectivity index (χ4n) is 4.07. The fourth-order valence-corrected chi connectivity index (χ4v) is 5.92. The third-order valence-corrected chi connectivity index (χ3v) is 8.13. The highest BCUT2D eigenvalue weighted by atomic mass is 35.5. The highest BCUT2D eigenvalue weighted by Crippen LogP contribution is 2.38. The van der Waals surface area contributed by atoms with E-state index in [1.807, 2.05) is 60.7 Å². The normalized spacial score (nSPS) is 17.5. The lowest BCUT2D eigenvalue weighted by Crippen LogP contribution is -2.50. The monoisotopic (exact) mass is 537 g/mol. The van der Waals surface area contributed by atoms with Crippen molar-refractivity contribution >= 4 is 57.8 Å². The van der Waals surface area contributed by atoms with Crippen LogP contribution in [0.25, 0.3) is 0 Å². The number of hydrogen-bond acceptors (Lipinski definition) is 4. The largest absolute Gasteiger partial charge is 0.481 e. The van der Waals surface area contributed by atoms with Gasteiger partial charge in [0, 0.05) is 23.0 Å². The molecule has 178 valence electrons. The maximum absolute atomic E-state index is 11.2. The summed E-state index contributed by atoms with van der Waals surface area (Å²) < 4.78 is 13.2. The fraction of sp³-hybridized carbons (Fsp3) is 0.240. The minimum atomic E-state index is -1.11. The van der Waals surface area contributed by atoms with Crippen molar-refractivity contribution in [2.45, 2.75) is 23.8 Å². The number of piperazine rings is 1. The average molecular weight is 539 g/mol. The molecule has 3 aromatic carbocycles. The SMILES string of the molecule is O=C(O)CCc1ccc([S+](O)N2CCN(c3ccc(Cl)cc3Cl)C(c3ccc(Cl)cc3)C2)cc1. The molecule has 2 atom stereocenters. The molecule has 0 bridgehead atoms. The maximum atomic E-state index is 11.2. The van der Waals surface area contributed by atoms with E-state index < -0.39 is 17.3 Å². The first-order valence-electron chi connectivity index (χ1n) is 10.8. The van der Waals surface area contributed by atoms with E-state index >= 15 is 0 Å². The molecule has 5 nitrogen and oxygen atoms in total. The number of aliphatic carboxylic acids is 1. The Morgan fingerprint density at radius 1 is 0.941 bits per heavy atom. The Kier molecular flexibility index (Phi) is 8.30. The summed E-state index contributed by atoms with van der Waals surface area (Å²) >= 11 is 17.7. The number of rotatable bonds is 7. The minimum Gasteiger partial charge on any atom is -0.481 e.